The zero-order valence-electron chi connectivity index (χ0n) is 16.6. The number of hydrogen-bond donors (Lipinski definition) is 3. The van der Waals surface area contributed by atoms with Crippen molar-refractivity contribution in [2.75, 3.05) is 17.2 Å². The number of nitro groups is 1. The first-order chi connectivity index (χ1) is 14.8. The van der Waals surface area contributed by atoms with E-state index in [9.17, 15) is 38.0 Å². The highest BCUT2D eigenvalue weighted by Crippen LogP contribution is 2.37. The number of amides is 2. The molecule has 0 spiro atoms. The summed E-state index contributed by atoms with van der Waals surface area (Å²) in [6.07, 6.45) is -3.94. The van der Waals surface area contributed by atoms with E-state index in [1.807, 2.05) is 0 Å². The highest BCUT2D eigenvalue weighted by Gasteiger charge is 2.39. The van der Waals surface area contributed by atoms with E-state index in [0.29, 0.717) is 17.8 Å². The smallest absolute Gasteiger partial charge is 0.423 e. The van der Waals surface area contributed by atoms with Crippen LogP contribution in [0.4, 0.5) is 30.2 Å². The maximum atomic E-state index is 13.1. The van der Waals surface area contributed by atoms with Crippen molar-refractivity contribution in [3.63, 3.8) is 0 Å². The van der Waals surface area contributed by atoms with Crippen molar-refractivity contribution in [1.82, 2.24) is 0 Å². The van der Waals surface area contributed by atoms with Gasteiger partial charge >= 0.3 is 6.18 Å². The van der Waals surface area contributed by atoms with Crippen LogP contribution in [0, 0.1) is 10.1 Å². The Balaban J connectivity index is 2.07. The van der Waals surface area contributed by atoms with Crippen molar-refractivity contribution < 1.29 is 37.5 Å². The number of nitrogens with one attached hydrogen (secondary N) is 2. The Hall–Kier alpha value is -3.93. The molecule has 3 N–H and O–H groups in total. The number of rotatable bonds is 8. The Morgan fingerprint density at radius 3 is 2.28 bits per heavy atom. The zero-order valence-corrected chi connectivity index (χ0v) is 16.6. The van der Waals surface area contributed by atoms with E-state index < -0.39 is 52.1 Å². The van der Waals surface area contributed by atoms with Crippen molar-refractivity contribution in [2.45, 2.75) is 18.7 Å². The minimum Gasteiger partial charge on any atom is -0.490 e. The van der Waals surface area contributed by atoms with E-state index in [1.165, 1.54) is 24.3 Å². The second kappa shape index (κ2) is 9.47. The molecule has 0 bridgehead atoms. The van der Waals surface area contributed by atoms with Crippen molar-refractivity contribution >= 4 is 28.9 Å². The molecule has 9 nitrogen and oxygen atoms in total. The molecule has 0 aliphatic carbocycles. The van der Waals surface area contributed by atoms with Crippen LogP contribution in [0.25, 0.3) is 0 Å². The Morgan fingerprint density at radius 2 is 1.75 bits per heavy atom. The third-order valence-corrected chi connectivity index (χ3v) is 4.07. The summed E-state index contributed by atoms with van der Waals surface area (Å²) < 4.78 is 44.5. The number of alkyl halides is 3. The van der Waals surface area contributed by atoms with Crippen LogP contribution >= 0.6 is 0 Å². The molecule has 32 heavy (non-hydrogen) atoms. The van der Waals surface area contributed by atoms with E-state index >= 15 is 0 Å². The second-order valence-corrected chi connectivity index (χ2v) is 6.72. The van der Waals surface area contributed by atoms with Crippen molar-refractivity contribution in [2.24, 2.45) is 0 Å². The highest BCUT2D eigenvalue weighted by atomic mass is 19.4. The molecule has 1 atom stereocenters. The topological polar surface area (TPSA) is 131 Å². The van der Waals surface area contributed by atoms with Gasteiger partial charge in [-0.25, -0.2) is 0 Å². The third-order valence-electron chi connectivity index (χ3n) is 4.07. The molecule has 0 radical (unpaired) electrons. The average Bonchev–Trinajstić information content (AvgIpc) is 2.72. The number of aliphatic hydroxyl groups is 1. The normalized spacial score (nSPS) is 12.9. The van der Waals surface area contributed by atoms with Gasteiger partial charge in [0.1, 0.15) is 17.9 Å². The first-order valence-electron chi connectivity index (χ1n) is 8.89. The molecule has 2 rings (SSSR count). The van der Waals surface area contributed by atoms with Gasteiger partial charge in [0, 0.05) is 17.4 Å². The van der Waals surface area contributed by atoms with Gasteiger partial charge in [0.2, 0.25) is 5.91 Å². The molecule has 0 aliphatic rings. The molecular weight excluding hydrogens is 435 g/mol. The van der Waals surface area contributed by atoms with Crippen LogP contribution < -0.4 is 15.4 Å². The first-order valence-corrected chi connectivity index (χ1v) is 8.89. The maximum Gasteiger partial charge on any atom is 0.423 e. The summed E-state index contributed by atoms with van der Waals surface area (Å²) in [5.41, 5.74) is -4.81. The van der Waals surface area contributed by atoms with Crippen molar-refractivity contribution in [1.29, 1.82) is 0 Å². The third kappa shape index (κ3) is 6.28. The number of carbonyl (C=O) groups is 2. The van der Waals surface area contributed by atoms with Crippen LogP contribution in [-0.2, 0) is 15.8 Å². The van der Waals surface area contributed by atoms with E-state index in [4.69, 9.17) is 4.74 Å². The van der Waals surface area contributed by atoms with Crippen LogP contribution in [-0.4, -0.2) is 34.1 Å². The van der Waals surface area contributed by atoms with E-state index in [0.717, 1.165) is 19.1 Å². The Morgan fingerprint density at radius 1 is 1.16 bits per heavy atom. The summed E-state index contributed by atoms with van der Waals surface area (Å²) >= 11 is 0. The minimum absolute atomic E-state index is 0.240. The predicted octanol–water partition coefficient (Wildman–Crippen LogP) is 3.51. The molecule has 170 valence electrons. The molecule has 0 heterocycles. The van der Waals surface area contributed by atoms with Crippen LogP contribution in [0.5, 0.6) is 5.75 Å². The van der Waals surface area contributed by atoms with Gasteiger partial charge in [0.05, 0.1) is 4.92 Å². The summed E-state index contributed by atoms with van der Waals surface area (Å²) in [5.74, 6) is -1.27. The molecule has 2 aromatic rings. The Labute approximate surface area is 179 Å². The average molecular weight is 453 g/mol. The van der Waals surface area contributed by atoms with Gasteiger partial charge in [-0.3, -0.25) is 19.7 Å². The number of carbonyl (C=O) groups excluding carboxylic acids is 2. The Bertz CT molecular complexity index is 1040. The SMILES string of the molecule is C=CC(=O)Nc1ccc(OC[C@](C)(O)C(=O)Nc2ccc([N+](=O)[O-])c(C(F)(F)F)c2)cc1. The van der Waals surface area contributed by atoms with Crippen LogP contribution in [0.2, 0.25) is 0 Å². The number of nitrogens with zero attached hydrogens (tertiary/aromatic N) is 1. The standard InChI is InChI=1S/C20H18F3N3O6/c1-3-17(27)24-12-4-7-14(8-5-12)32-11-19(2,29)18(28)25-13-6-9-16(26(30)31)15(10-13)20(21,22)23/h3-10,29H,1,11H2,2H3,(H,24,27)(H,25,28)/t19-/m0/s1. The molecule has 2 aromatic carbocycles. The number of anilines is 2. The van der Waals surface area contributed by atoms with E-state index in [1.54, 1.807) is 0 Å². The summed E-state index contributed by atoms with van der Waals surface area (Å²) in [6.45, 7) is 3.84. The molecule has 2 amide bonds. The van der Waals surface area contributed by atoms with Crippen LogP contribution in [0.3, 0.4) is 0 Å². The number of hydrogen-bond acceptors (Lipinski definition) is 6. The largest absolute Gasteiger partial charge is 0.490 e. The molecule has 0 aromatic heterocycles. The fourth-order valence-electron chi connectivity index (χ4n) is 2.38. The van der Waals surface area contributed by atoms with Crippen molar-refractivity contribution in [3.05, 3.63) is 70.8 Å². The van der Waals surface area contributed by atoms with Crippen LogP contribution in [0.15, 0.2) is 55.1 Å². The number of halogens is 3. The van der Waals surface area contributed by atoms with Crippen molar-refractivity contribution in [3.8, 4) is 5.75 Å². The molecule has 0 fully saturated rings. The molecule has 0 saturated carbocycles. The highest BCUT2D eigenvalue weighted by molar-refractivity contribution is 5.99. The number of ether oxygens (including phenoxy) is 1. The molecule has 0 unspecified atom stereocenters. The van der Waals surface area contributed by atoms with E-state index in [-0.39, 0.29) is 5.75 Å². The lowest BCUT2D eigenvalue weighted by atomic mass is 10.1. The van der Waals surface area contributed by atoms with Gasteiger partial charge in [-0.15, -0.1) is 0 Å². The molecule has 0 saturated heterocycles. The number of nitro benzene ring substituents is 1. The van der Waals surface area contributed by atoms with Gasteiger partial charge in [-0.1, -0.05) is 6.58 Å². The van der Waals surface area contributed by atoms with Gasteiger partial charge in [0.15, 0.2) is 5.60 Å². The zero-order chi connectivity index (χ0) is 24.1. The van der Waals surface area contributed by atoms with Crippen LogP contribution in [0.1, 0.15) is 12.5 Å². The summed E-state index contributed by atoms with van der Waals surface area (Å²) in [6, 6.07) is 7.84. The summed E-state index contributed by atoms with van der Waals surface area (Å²) in [4.78, 5) is 33.2. The molecule has 12 heteroatoms. The predicted molar refractivity (Wildman–Crippen MR) is 108 cm³/mol. The Kier molecular flexibility index (Phi) is 7.21. The van der Waals surface area contributed by atoms with Gasteiger partial charge in [0.25, 0.3) is 11.6 Å². The summed E-state index contributed by atoms with van der Waals surface area (Å²) in [5, 5.41) is 25.8. The quantitative estimate of drug-likeness (QED) is 0.319. The van der Waals surface area contributed by atoms with Gasteiger partial charge in [-0.2, -0.15) is 13.2 Å². The lowest BCUT2D eigenvalue weighted by Crippen LogP contribution is -2.45. The first kappa shape index (κ1) is 24.3. The molecular formula is C20H18F3N3O6. The summed E-state index contributed by atoms with van der Waals surface area (Å²) in [7, 11) is 0. The van der Waals surface area contributed by atoms with Gasteiger partial charge in [-0.05, 0) is 49.4 Å². The van der Waals surface area contributed by atoms with E-state index in [2.05, 4.69) is 17.2 Å². The minimum atomic E-state index is -5.02. The monoisotopic (exact) mass is 453 g/mol. The lowest BCUT2D eigenvalue weighted by Gasteiger charge is -2.23. The fourth-order valence-corrected chi connectivity index (χ4v) is 2.38. The lowest BCUT2D eigenvalue weighted by molar-refractivity contribution is -0.388. The second-order valence-electron chi connectivity index (χ2n) is 6.72. The fraction of sp³-hybridized carbons (Fsp3) is 0.200. The maximum absolute atomic E-state index is 13.1. The molecule has 0 aliphatic heterocycles. The van der Waals surface area contributed by atoms with Gasteiger partial charge < -0.3 is 20.5 Å². The number of benzene rings is 2.